The van der Waals surface area contributed by atoms with Crippen molar-refractivity contribution in [3.05, 3.63) is 86.9 Å². The van der Waals surface area contributed by atoms with E-state index in [1.807, 2.05) is 37.3 Å². The summed E-state index contributed by atoms with van der Waals surface area (Å²) >= 11 is 1.26. The summed E-state index contributed by atoms with van der Waals surface area (Å²) in [5.41, 5.74) is 6.43. The number of carbonyl (C=O) groups is 2. The number of nitro benzene ring substituents is 1. The largest absolute Gasteiger partial charge is 0.279 e. The van der Waals surface area contributed by atoms with E-state index in [-0.39, 0.29) is 11.3 Å². The maximum Gasteiger partial charge on any atom is 0.279 e. The standard InChI is InChI=1S/C20H15N5O4S/c1-12-16-11-17(30-20(16)24(23-12)14-5-3-2-4-6-14)19(27)22-21-18(26)13-7-9-15(10-8-13)25(28)29/h2-11H,1H3,(H,21,26)(H,22,27). The van der Waals surface area contributed by atoms with Crippen molar-refractivity contribution in [2.75, 3.05) is 0 Å². The second-order valence-electron chi connectivity index (χ2n) is 6.37. The Morgan fingerprint density at radius 3 is 2.37 bits per heavy atom. The Balaban J connectivity index is 1.50. The topological polar surface area (TPSA) is 119 Å². The third-order valence-corrected chi connectivity index (χ3v) is 5.51. The molecule has 0 fully saturated rings. The molecule has 2 amide bonds. The van der Waals surface area contributed by atoms with Crippen LogP contribution < -0.4 is 10.9 Å². The number of hydrogen-bond acceptors (Lipinski definition) is 6. The van der Waals surface area contributed by atoms with Crippen LogP contribution in [0, 0.1) is 17.0 Å². The number of non-ortho nitro benzene ring substituents is 1. The van der Waals surface area contributed by atoms with Crippen LogP contribution in [0.25, 0.3) is 15.9 Å². The van der Waals surface area contributed by atoms with Crippen molar-refractivity contribution in [2.24, 2.45) is 0 Å². The second kappa shape index (κ2) is 7.76. The minimum atomic E-state index is -0.578. The maximum absolute atomic E-state index is 12.5. The van der Waals surface area contributed by atoms with Gasteiger partial charge in [-0.15, -0.1) is 11.3 Å². The van der Waals surface area contributed by atoms with Gasteiger partial charge in [0.15, 0.2) is 0 Å². The summed E-state index contributed by atoms with van der Waals surface area (Å²) < 4.78 is 1.78. The van der Waals surface area contributed by atoms with Gasteiger partial charge in [0.25, 0.3) is 17.5 Å². The summed E-state index contributed by atoms with van der Waals surface area (Å²) in [6, 6.07) is 16.4. The number of nitrogens with zero attached hydrogens (tertiary/aromatic N) is 3. The van der Waals surface area contributed by atoms with Crippen molar-refractivity contribution in [1.29, 1.82) is 0 Å². The minimum Gasteiger partial charge on any atom is -0.267 e. The number of rotatable bonds is 4. The zero-order valence-electron chi connectivity index (χ0n) is 15.7. The first-order chi connectivity index (χ1) is 14.4. The van der Waals surface area contributed by atoms with E-state index in [2.05, 4.69) is 16.0 Å². The van der Waals surface area contributed by atoms with Crippen molar-refractivity contribution < 1.29 is 14.5 Å². The monoisotopic (exact) mass is 421 g/mol. The van der Waals surface area contributed by atoms with Crippen LogP contribution in [0.3, 0.4) is 0 Å². The van der Waals surface area contributed by atoms with Crippen LogP contribution >= 0.6 is 11.3 Å². The highest BCUT2D eigenvalue weighted by Gasteiger charge is 2.18. The van der Waals surface area contributed by atoms with Crippen LogP contribution in [-0.2, 0) is 0 Å². The van der Waals surface area contributed by atoms with Gasteiger partial charge in [0.1, 0.15) is 4.83 Å². The predicted octanol–water partition coefficient (Wildman–Crippen LogP) is 3.38. The van der Waals surface area contributed by atoms with E-state index >= 15 is 0 Å². The van der Waals surface area contributed by atoms with Gasteiger partial charge in [-0.25, -0.2) is 4.68 Å². The second-order valence-corrected chi connectivity index (χ2v) is 7.41. The van der Waals surface area contributed by atoms with Crippen LogP contribution in [0.1, 0.15) is 25.7 Å². The Bertz CT molecular complexity index is 1260. The molecule has 2 aromatic carbocycles. The molecule has 0 spiro atoms. The number of para-hydroxylation sites is 1. The molecule has 9 nitrogen and oxygen atoms in total. The number of amides is 2. The zero-order chi connectivity index (χ0) is 21.3. The fraction of sp³-hybridized carbons (Fsp3) is 0.0500. The van der Waals surface area contributed by atoms with Crippen LogP contribution in [0.4, 0.5) is 5.69 Å². The average Bonchev–Trinajstić information content (AvgIpc) is 3.33. The molecule has 0 saturated heterocycles. The molecule has 0 bridgehead atoms. The Kier molecular flexibility index (Phi) is 4.98. The normalized spacial score (nSPS) is 10.7. The lowest BCUT2D eigenvalue weighted by Crippen LogP contribution is -2.41. The number of hydrogen-bond donors (Lipinski definition) is 2. The zero-order valence-corrected chi connectivity index (χ0v) is 16.5. The molecule has 0 aliphatic rings. The lowest BCUT2D eigenvalue weighted by Gasteiger charge is -2.06. The van der Waals surface area contributed by atoms with Crippen molar-refractivity contribution in [2.45, 2.75) is 6.92 Å². The predicted molar refractivity (Wildman–Crippen MR) is 112 cm³/mol. The Morgan fingerprint density at radius 2 is 1.70 bits per heavy atom. The molecule has 0 aliphatic heterocycles. The Morgan fingerprint density at radius 1 is 1.03 bits per heavy atom. The number of thiophene rings is 1. The van der Waals surface area contributed by atoms with Crippen LogP contribution in [0.2, 0.25) is 0 Å². The van der Waals surface area contributed by atoms with E-state index in [0.29, 0.717) is 4.88 Å². The van der Waals surface area contributed by atoms with Crippen LogP contribution in [0.5, 0.6) is 0 Å². The molecule has 30 heavy (non-hydrogen) atoms. The summed E-state index contributed by atoms with van der Waals surface area (Å²) in [5, 5.41) is 16.1. The molecular formula is C20H15N5O4S. The summed E-state index contributed by atoms with van der Waals surface area (Å²) in [6.45, 7) is 1.87. The molecule has 2 N–H and O–H groups in total. The third-order valence-electron chi connectivity index (χ3n) is 4.40. The molecule has 4 aromatic rings. The van der Waals surface area contributed by atoms with Crippen molar-refractivity contribution in [1.82, 2.24) is 20.6 Å². The van der Waals surface area contributed by atoms with Gasteiger partial charge < -0.3 is 0 Å². The quantitative estimate of drug-likeness (QED) is 0.387. The summed E-state index contributed by atoms with van der Waals surface area (Å²) in [6.07, 6.45) is 0. The molecule has 2 heterocycles. The van der Waals surface area contributed by atoms with E-state index < -0.39 is 16.7 Å². The lowest BCUT2D eigenvalue weighted by molar-refractivity contribution is -0.384. The van der Waals surface area contributed by atoms with Gasteiger partial charge in [-0.1, -0.05) is 18.2 Å². The molecule has 10 heteroatoms. The average molecular weight is 421 g/mol. The number of nitro groups is 1. The first-order valence-corrected chi connectivity index (χ1v) is 9.65. The number of benzene rings is 2. The maximum atomic E-state index is 12.5. The Hall–Kier alpha value is -4.05. The molecule has 0 unspecified atom stereocenters. The van der Waals surface area contributed by atoms with E-state index in [9.17, 15) is 19.7 Å². The SMILES string of the molecule is Cc1nn(-c2ccccc2)c2sc(C(=O)NNC(=O)c3ccc([N+](=O)[O-])cc3)cc12. The summed E-state index contributed by atoms with van der Waals surface area (Å²) in [7, 11) is 0. The number of nitrogens with one attached hydrogen (secondary N) is 2. The fourth-order valence-electron chi connectivity index (χ4n) is 2.89. The van der Waals surface area contributed by atoms with Crippen molar-refractivity contribution in [3.63, 3.8) is 0 Å². The van der Waals surface area contributed by atoms with Gasteiger partial charge in [0.2, 0.25) is 0 Å². The van der Waals surface area contributed by atoms with Crippen LogP contribution in [0.15, 0.2) is 60.7 Å². The highest BCUT2D eigenvalue weighted by atomic mass is 32.1. The van der Waals surface area contributed by atoms with Crippen molar-refractivity contribution in [3.8, 4) is 5.69 Å². The lowest BCUT2D eigenvalue weighted by atomic mass is 10.2. The van der Waals surface area contributed by atoms with E-state index in [0.717, 1.165) is 21.6 Å². The van der Waals surface area contributed by atoms with Gasteiger partial charge in [-0.3, -0.25) is 30.6 Å². The van der Waals surface area contributed by atoms with E-state index in [4.69, 9.17) is 0 Å². The third kappa shape index (κ3) is 3.63. The van der Waals surface area contributed by atoms with Gasteiger partial charge in [0.05, 0.1) is 21.2 Å². The number of aromatic nitrogens is 2. The summed E-state index contributed by atoms with van der Waals surface area (Å²) in [4.78, 5) is 36.1. The minimum absolute atomic E-state index is 0.122. The molecule has 2 aromatic heterocycles. The fourth-order valence-corrected chi connectivity index (χ4v) is 3.96. The van der Waals surface area contributed by atoms with Gasteiger partial charge in [0, 0.05) is 23.1 Å². The highest BCUT2D eigenvalue weighted by molar-refractivity contribution is 7.20. The Labute approximate surface area is 174 Å². The number of aryl methyl sites for hydroxylation is 1. The van der Waals surface area contributed by atoms with Gasteiger partial charge >= 0.3 is 0 Å². The highest BCUT2D eigenvalue weighted by Crippen LogP contribution is 2.30. The molecular weight excluding hydrogens is 406 g/mol. The molecule has 4 rings (SSSR count). The first kappa shape index (κ1) is 19.3. The summed E-state index contributed by atoms with van der Waals surface area (Å²) in [5.74, 6) is -1.04. The molecule has 0 aliphatic carbocycles. The van der Waals surface area contributed by atoms with Gasteiger partial charge in [-0.05, 0) is 37.3 Å². The van der Waals surface area contributed by atoms with E-state index in [1.165, 1.54) is 35.6 Å². The number of fused-ring (bicyclic) bond motifs is 1. The molecule has 0 radical (unpaired) electrons. The molecule has 150 valence electrons. The van der Waals surface area contributed by atoms with Crippen molar-refractivity contribution >= 4 is 39.1 Å². The molecule has 0 saturated carbocycles. The number of carbonyl (C=O) groups excluding carboxylic acids is 2. The first-order valence-electron chi connectivity index (χ1n) is 8.84. The van der Waals surface area contributed by atoms with Crippen LogP contribution in [-0.4, -0.2) is 26.5 Å². The van der Waals surface area contributed by atoms with Gasteiger partial charge in [-0.2, -0.15) is 5.10 Å². The number of hydrazine groups is 1. The molecule has 0 atom stereocenters. The van der Waals surface area contributed by atoms with E-state index in [1.54, 1.807) is 10.7 Å². The smallest absolute Gasteiger partial charge is 0.267 e.